The lowest BCUT2D eigenvalue weighted by molar-refractivity contribution is 0.443. The van der Waals surface area contributed by atoms with Crippen LogP contribution >= 0.6 is 0 Å². The maximum absolute atomic E-state index is 5.26. The van der Waals surface area contributed by atoms with Gasteiger partial charge in [0.05, 0.1) is 5.69 Å². The van der Waals surface area contributed by atoms with E-state index >= 15 is 0 Å². The van der Waals surface area contributed by atoms with E-state index in [1.807, 2.05) is 7.05 Å². The number of nitrogens with zero attached hydrogens (tertiary/aromatic N) is 2. The Bertz CT molecular complexity index is 1120. The number of fused-ring (bicyclic) bond motifs is 1. The van der Waals surface area contributed by atoms with Gasteiger partial charge in [0.1, 0.15) is 5.82 Å². The van der Waals surface area contributed by atoms with Crippen LogP contribution in [0.5, 0.6) is 0 Å². The van der Waals surface area contributed by atoms with Gasteiger partial charge >= 0.3 is 0 Å². The minimum atomic E-state index is 0.674. The molecule has 0 amide bonds. The summed E-state index contributed by atoms with van der Waals surface area (Å²) in [6.07, 6.45) is 11.8. The fourth-order valence-electron chi connectivity index (χ4n) is 5.72. The van der Waals surface area contributed by atoms with Crippen molar-refractivity contribution in [3.05, 3.63) is 71.9 Å². The quantitative estimate of drug-likeness (QED) is 0.440. The van der Waals surface area contributed by atoms with E-state index < -0.39 is 0 Å². The van der Waals surface area contributed by atoms with Crippen molar-refractivity contribution in [3.8, 4) is 0 Å². The highest BCUT2D eigenvalue weighted by atomic mass is 15.2. The first-order valence-electron chi connectivity index (χ1n) is 12.9. The summed E-state index contributed by atoms with van der Waals surface area (Å²) in [6, 6.07) is 17.9. The molecule has 1 saturated carbocycles. The van der Waals surface area contributed by atoms with E-state index in [9.17, 15) is 0 Å². The minimum absolute atomic E-state index is 0.674. The Kier molecular flexibility index (Phi) is 6.66. The van der Waals surface area contributed by atoms with Gasteiger partial charge in [0.15, 0.2) is 0 Å². The molecular formula is C30H37N3. The van der Waals surface area contributed by atoms with Crippen LogP contribution in [0.1, 0.15) is 80.5 Å². The van der Waals surface area contributed by atoms with Gasteiger partial charge in [-0.25, -0.2) is 4.98 Å². The zero-order valence-electron chi connectivity index (χ0n) is 20.1. The molecule has 2 heterocycles. The molecule has 1 N–H and O–H groups in total. The van der Waals surface area contributed by atoms with Crippen molar-refractivity contribution in [2.45, 2.75) is 63.7 Å². The highest BCUT2D eigenvalue weighted by Crippen LogP contribution is 2.38. The first-order valence-corrected chi connectivity index (χ1v) is 12.9. The predicted molar refractivity (Wildman–Crippen MR) is 142 cm³/mol. The summed E-state index contributed by atoms with van der Waals surface area (Å²) in [6.45, 7) is 6.76. The van der Waals surface area contributed by atoms with Crippen LogP contribution in [0.15, 0.2) is 55.1 Å². The molecule has 3 heteroatoms. The fraction of sp³-hybridized carbons (Fsp3) is 0.433. The Hall–Kier alpha value is -2.81. The molecule has 1 aromatic heterocycles. The van der Waals surface area contributed by atoms with E-state index in [1.54, 1.807) is 0 Å². The molecule has 0 atom stereocenters. The van der Waals surface area contributed by atoms with Crippen molar-refractivity contribution >= 4 is 27.9 Å². The monoisotopic (exact) mass is 439 g/mol. The van der Waals surface area contributed by atoms with Crippen LogP contribution in [0.3, 0.4) is 0 Å². The van der Waals surface area contributed by atoms with Crippen LogP contribution < -0.4 is 10.2 Å². The summed E-state index contributed by atoms with van der Waals surface area (Å²) in [7, 11) is 2.00. The SMILES string of the molecule is C=C(c1cc2ccccc2c(N2CCCCCC2)n1)c1cc(C2CCCCC2)ccc1NC. The second-order valence-electron chi connectivity index (χ2n) is 9.82. The topological polar surface area (TPSA) is 28.2 Å². The third kappa shape index (κ3) is 4.64. The van der Waals surface area contributed by atoms with E-state index in [1.165, 1.54) is 79.7 Å². The molecule has 2 aliphatic rings. The van der Waals surface area contributed by atoms with Gasteiger partial charge in [0.25, 0.3) is 0 Å². The molecule has 1 saturated heterocycles. The smallest absolute Gasteiger partial charge is 0.137 e. The molecule has 172 valence electrons. The Morgan fingerprint density at radius 3 is 2.39 bits per heavy atom. The third-order valence-corrected chi connectivity index (χ3v) is 7.65. The van der Waals surface area contributed by atoms with E-state index in [-0.39, 0.29) is 0 Å². The largest absolute Gasteiger partial charge is 0.388 e. The normalized spacial score (nSPS) is 17.7. The van der Waals surface area contributed by atoms with Crippen LogP contribution in [-0.2, 0) is 0 Å². The molecule has 3 aromatic rings. The lowest BCUT2D eigenvalue weighted by atomic mass is 9.83. The molecule has 0 radical (unpaired) electrons. The van der Waals surface area contributed by atoms with Crippen LogP contribution in [0.4, 0.5) is 11.5 Å². The highest BCUT2D eigenvalue weighted by molar-refractivity contribution is 5.96. The first kappa shape index (κ1) is 22.0. The highest BCUT2D eigenvalue weighted by Gasteiger charge is 2.20. The second kappa shape index (κ2) is 9.99. The number of aromatic nitrogens is 1. The summed E-state index contributed by atoms with van der Waals surface area (Å²) < 4.78 is 0. The van der Waals surface area contributed by atoms with Crippen LogP contribution in [0.25, 0.3) is 16.3 Å². The second-order valence-corrected chi connectivity index (χ2v) is 9.82. The van der Waals surface area contributed by atoms with E-state index in [0.717, 1.165) is 35.9 Å². The molecule has 33 heavy (non-hydrogen) atoms. The van der Waals surface area contributed by atoms with Crippen molar-refractivity contribution in [2.75, 3.05) is 30.4 Å². The summed E-state index contributed by atoms with van der Waals surface area (Å²) in [5.74, 6) is 1.80. The Labute approximate surface area is 198 Å². The van der Waals surface area contributed by atoms with Crippen LogP contribution in [-0.4, -0.2) is 25.1 Å². The van der Waals surface area contributed by atoms with Crippen molar-refractivity contribution in [3.63, 3.8) is 0 Å². The molecule has 1 aliphatic heterocycles. The predicted octanol–water partition coefficient (Wildman–Crippen LogP) is 7.77. The number of pyridine rings is 1. The summed E-state index contributed by atoms with van der Waals surface area (Å²) >= 11 is 0. The Morgan fingerprint density at radius 2 is 1.64 bits per heavy atom. The fourth-order valence-corrected chi connectivity index (χ4v) is 5.72. The molecule has 0 spiro atoms. The van der Waals surface area contributed by atoms with Crippen LogP contribution in [0.2, 0.25) is 0 Å². The van der Waals surface area contributed by atoms with Crippen molar-refractivity contribution in [1.29, 1.82) is 0 Å². The van der Waals surface area contributed by atoms with Crippen molar-refractivity contribution in [1.82, 2.24) is 4.98 Å². The van der Waals surface area contributed by atoms with Gasteiger partial charge in [-0.15, -0.1) is 0 Å². The van der Waals surface area contributed by atoms with Crippen LogP contribution in [0, 0.1) is 0 Å². The van der Waals surface area contributed by atoms with Gasteiger partial charge in [-0.3, -0.25) is 0 Å². The van der Waals surface area contributed by atoms with Gasteiger partial charge in [-0.2, -0.15) is 0 Å². The zero-order chi connectivity index (χ0) is 22.6. The molecule has 1 aliphatic carbocycles. The average Bonchev–Trinajstić information content (AvgIpc) is 3.17. The molecule has 0 bridgehead atoms. The summed E-state index contributed by atoms with van der Waals surface area (Å²) in [5, 5.41) is 5.90. The van der Waals surface area contributed by atoms with E-state index in [0.29, 0.717) is 5.92 Å². The minimum Gasteiger partial charge on any atom is -0.388 e. The van der Waals surface area contributed by atoms with Crippen molar-refractivity contribution in [2.24, 2.45) is 0 Å². The molecule has 5 rings (SSSR count). The summed E-state index contributed by atoms with van der Waals surface area (Å²) in [4.78, 5) is 7.76. The maximum Gasteiger partial charge on any atom is 0.137 e. The molecular weight excluding hydrogens is 402 g/mol. The number of nitrogens with one attached hydrogen (secondary N) is 1. The number of anilines is 2. The standard InChI is InChI=1S/C30H37N3/c1-22(27-20-24(16-17-28(27)31-2)23-12-6-5-7-13-23)29-21-25-14-8-9-15-26(25)30(32-29)33-18-10-3-4-11-19-33/h8-9,14-17,20-21,23,31H,1,3-7,10-13,18-19H2,2H3. The molecule has 2 fully saturated rings. The molecule has 2 aromatic carbocycles. The number of hydrogen-bond donors (Lipinski definition) is 1. The van der Waals surface area contributed by atoms with Gasteiger partial charge < -0.3 is 10.2 Å². The maximum atomic E-state index is 5.26. The molecule has 3 nitrogen and oxygen atoms in total. The van der Waals surface area contributed by atoms with Gasteiger partial charge in [0.2, 0.25) is 0 Å². The number of hydrogen-bond acceptors (Lipinski definition) is 3. The van der Waals surface area contributed by atoms with Gasteiger partial charge in [-0.1, -0.05) is 69.0 Å². The van der Waals surface area contributed by atoms with Gasteiger partial charge in [-0.05, 0) is 60.7 Å². The number of benzene rings is 2. The summed E-state index contributed by atoms with van der Waals surface area (Å²) in [5.41, 5.74) is 5.78. The average molecular weight is 440 g/mol. The van der Waals surface area contributed by atoms with E-state index in [2.05, 4.69) is 65.3 Å². The Balaban J connectivity index is 1.57. The third-order valence-electron chi connectivity index (χ3n) is 7.65. The first-order chi connectivity index (χ1) is 16.2. The Morgan fingerprint density at radius 1 is 0.909 bits per heavy atom. The lowest BCUT2D eigenvalue weighted by Gasteiger charge is -2.25. The number of rotatable bonds is 5. The lowest BCUT2D eigenvalue weighted by Crippen LogP contribution is -2.25. The molecule has 0 unspecified atom stereocenters. The van der Waals surface area contributed by atoms with Crippen molar-refractivity contribution < 1.29 is 0 Å². The van der Waals surface area contributed by atoms with E-state index in [4.69, 9.17) is 4.98 Å². The van der Waals surface area contributed by atoms with Gasteiger partial charge in [0, 0.05) is 42.3 Å². The zero-order valence-corrected chi connectivity index (χ0v) is 20.1.